The van der Waals surface area contributed by atoms with E-state index in [9.17, 15) is 0 Å². The molecule has 0 bridgehead atoms. The maximum absolute atomic E-state index is 2.36. The van der Waals surface area contributed by atoms with Crippen LogP contribution in [-0.4, -0.2) is 0 Å². The van der Waals surface area contributed by atoms with Crippen molar-refractivity contribution < 1.29 is 0 Å². The van der Waals surface area contributed by atoms with Crippen LogP contribution in [0.3, 0.4) is 0 Å². The van der Waals surface area contributed by atoms with Gasteiger partial charge in [0.1, 0.15) is 0 Å². The molecule has 2 aromatic carbocycles. The summed E-state index contributed by atoms with van der Waals surface area (Å²) in [4.78, 5) is 0. The molecule has 0 radical (unpaired) electrons. The van der Waals surface area contributed by atoms with Gasteiger partial charge < -0.3 is 0 Å². The molecule has 0 fully saturated rings. The van der Waals surface area contributed by atoms with Gasteiger partial charge >= 0.3 is 0 Å². The van der Waals surface area contributed by atoms with Crippen LogP contribution >= 0.6 is 0 Å². The first-order valence-electron chi connectivity index (χ1n) is 6.23. The van der Waals surface area contributed by atoms with Gasteiger partial charge in [0, 0.05) is 0 Å². The molecule has 1 aliphatic carbocycles. The summed E-state index contributed by atoms with van der Waals surface area (Å²) in [6, 6.07) is 19.4. The van der Waals surface area contributed by atoms with Crippen molar-refractivity contribution in [3.05, 3.63) is 76.9 Å². The molecule has 0 amide bonds. The van der Waals surface area contributed by atoms with Crippen LogP contribution < -0.4 is 0 Å². The van der Waals surface area contributed by atoms with Gasteiger partial charge in [0.25, 0.3) is 0 Å². The Kier molecular flexibility index (Phi) is 2.79. The van der Waals surface area contributed by atoms with Crippen LogP contribution in [0.25, 0.3) is 6.08 Å². The van der Waals surface area contributed by atoms with E-state index in [-0.39, 0.29) is 0 Å². The minimum absolute atomic E-state index is 1.14. The summed E-state index contributed by atoms with van der Waals surface area (Å²) in [5.74, 6) is 0. The molecule has 0 spiro atoms. The van der Waals surface area contributed by atoms with Crippen LogP contribution in [0, 0.1) is 0 Å². The first-order valence-corrected chi connectivity index (χ1v) is 6.23. The number of benzene rings is 2. The lowest BCUT2D eigenvalue weighted by Gasteiger charge is -2.02. The standard InChI is InChI=1S/C17H16/c1-2-6-14(7-3-1)10-11-15-12-16-8-4-5-9-17(16)13-15/h1-9,12H,10-11,13H2. The fraction of sp³-hybridized carbons (Fsp3) is 0.176. The number of allylic oxidation sites excluding steroid dienone is 1. The SMILES string of the molecule is C1=C(CCc2ccccc2)Cc2ccccc21. The van der Waals surface area contributed by atoms with Crippen molar-refractivity contribution in [3.63, 3.8) is 0 Å². The van der Waals surface area contributed by atoms with Crippen LogP contribution in [0.1, 0.15) is 23.1 Å². The van der Waals surface area contributed by atoms with Gasteiger partial charge in [0.2, 0.25) is 0 Å². The molecule has 0 atom stereocenters. The number of hydrogen-bond donors (Lipinski definition) is 0. The first kappa shape index (κ1) is 10.3. The van der Waals surface area contributed by atoms with E-state index in [0.717, 1.165) is 12.8 Å². The highest BCUT2D eigenvalue weighted by Gasteiger charge is 2.11. The number of fused-ring (bicyclic) bond motifs is 1. The Morgan fingerprint density at radius 2 is 1.53 bits per heavy atom. The van der Waals surface area contributed by atoms with Crippen molar-refractivity contribution in [2.45, 2.75) is 19.3 Å². The quantitative estimate of drug-likeness (QED) is 0.725. The lowest BCUT2D eigenvalue weighted by Crippen LogP contribution is -1.89. The van der Waals surface area contributed by atoms with Crippen LogP contribution in [-0.2, 0) is 12.8 Å². The molecule has 2 aromatic rings. The van der Waals surface area contributed by atoms with Gasteiger partial charge in [0.15, 0.2) is 0 Å². The summed E-state index contributed by atoms with van der Waals surface area (Å²) in [5.41, 5.74) is 5.89. The molecular formula is C17H16. The fourth-order valence-electron chi connectivity index (χ4n) is 2.46. The van der Waals surface area contributed by atoms with E-state index in [1.807, 2.05) is 0 Å². The van der Waals surface area contributed by atoms with E-state index in [1.54, 1.807) is 5.57 Å². The Hall–Kier alpha value is -1.82. The molecule has 0 aliphatic heterocycles. The molecule has 0 N–H and O–H groups in total. The van der Waals surface area contributed by atoms with Crippen molar-refractivity contribution in [2.75, 3.05) is 0 Å². The predicted octanol–water partition coefficient (Wildman–Crippen LogP) is 4.26. The molecule has 17 heavy (non-hydrogen) atoms. The second kappa shape index (κ2) is 4.58. The summed E-state index contributed by atoms with van der Waals surface area (Å²) < 4.78 is 0. The van der Waals surface area contributed by atoms with Crippen LogP contribution in [0.4, 0.5) is 0 Å². The van der Waals surface area contributed by atoms with Gasteiger partial charge in [-0.2, -0.15) is 0 Å². The third kappa shape index (κ3) is 2.31. The molecule has 0 nitrogen and oxygen atoms in total. The summed E-state index contributed by atoms with van der Waals surface area (Å²) >= 11 is 0. The zero-order valence-electron chi connectivity index (χ0n) is 9.89. The van der Waals surface area contributed by atoms with Crippen LogP contribution in [0.2, 0.25) is 0 Å². The summed E-state index contributed by atoms with van der Waals surface area (Å²) in [5, 5.41) is 0. The van der Waals surface area contributed by atoms with Gasteiger partial charge in [-0.1, -0.05) is 66.2 Å². The van der Waals surface area contributed by atoms with E-state index in [0.29, 0.717) is 0 Å². The first-order chi connectivity index (χ1) is 8.42. The second-order valence-electron chi connectivity index (χ2n) is 4.66. The number of rotatable bonds is 3. The summed E-state index contributed by atoms with van der Waals surface area (Å²) in [6.07, 6.45) is 5.83. The predicted molar refractivity (Wildman–Crippen MR) is 72.9 cm³/mol. The molecule has 0 saturated carbocycles. The Morgan fingerprint density at radius 1 is 0.765 bits per heavy atom. The average Bonchev–Trinajstić information content (AvgIpc) is 2.80. The van der Waals surface area contributed by atoms with E-state index in [4.69, 9.17) is 0 Å². The molecule has 0 heteroatoms. The summed E-state index contributed by atoms with van der Waals surface area (Å²) in [7, 11) is 0. The third-order valence-electron chi connectivity index (χ3n) is 3.41. The minimum Gasteiger partial charge on any atom is -0.0649 e. The van der Waals surface area contributed by atoms with Crippen molar-refractivity contribution in [1.29, 1.82) is 0 Å². The van der Waals surface area contributed by atoms with Gasteiger partial charge in [0.05, 0.1) is 0 Å². The Morgan fingerprint density at radius 3 is 2.35 bits per heavy atom. The van der Waals surface area contributed by atoms with Crippen molar-refractivity contribution >= 4 is 6.08 Å². The van der Waals surface area contributed by atoms with Crippen molar-refractivity contribution in [2.24, 2.45) is 0 Å². The van der Waals surface area contributed by atoms with Crippen LogP contribution in [0.15, 0.2) is 60.2 Å². The van der Waals surface area contributed by atoms with Crippen molar-refractivity contribution in [3.8, 4) is 0 Å². The monoisotopic (exact) mass is 220 g/mol. The maximum atomic E-state index is 2.36. The minimum atomic E-state index is 1.14. The molecule has 0 saturated heterocycles. The summed E-state index contributed by atoms with van der Waals surface area (Å²) in [6.45, 7) is 0. The van der Waals surface area contributed by atoms with Gasteiger partial charge in [-0.25, -0.2) is 0 Å². The molecule has 3 rings (SSSR count). The maximum Gasteiger partial charge on any atom is -0.00577 e. The van der Waals surface area contributed by atoms with E-state index in [2.05, 4.69) is 60.7 Å². The highest BCUT2D eigenvalue weighted by atomic mass is 14.2. The smallest absolute Gasteiger partial charge is 0.00577 e. The van der Waals surface area contributed by atoms with Gasteiger partial charge in [-0.15, -0.1) is 0 Å². The number of aryl methyl sites for hydroxylation is 1. The average molecular weight is 220 g/mol. The van der Waals surface area contributed by atoms with Crippen molar-refractivity contribution in [1.82, 2.24) is 0 Å². The van der Waals surface area contributed by atoms with Gasteiger partial charge in [-0.3, -0.25) is 0 Å². The highest BCUT2D eigenvalue weighted by Crippen LogP contribution is 2.27. The molecule has 0 unspecified atom stereocenters. The fourth-order valence-corrected chi connectivity index (χ4v) is 2.46. The molecule has 1 aliphatic rings. The second-order valence-corrected chi connectivity index (χ2v) is 4.66. The van der Waals surface area contributed by atoms with E-state index >= 15 is 0 Å². The molecule has 0 aromatic heterocycles. The molecular weight excluding hydrogens is 204 g/mol. The van der Waals surface area contributed by atoms with E-state index in [1.165, 1.54) is 23.1 Å². The van der Waals surface area contributed by atoms with E-state index < -0.39 is 0 Å². The zero-order chi connectivity index (χ0) is 11.5. The Labute approximate surface area is 103 Å². The normalized spacial score (nSPS) is 13.3. The highest BCUT2D eigenvalue weighted by molar-refractivity contribution is 5.63. The molecule has 0 heterocycles. The largest absolute Gasteiger partial charge is 0.0649 e. The topological polar surface area (TPSA) is 0 Å². The Bertz CT molecular complexity index is 535. The Balaban J connectivity index is 1.66. The zero-order valence-corrected chi connectivity index (χ0v) is 9.89. The number of hydrogen-bond acceptors (Lipinski definition) is 0. The lowest BCUT2D eigenvalue weighted by molar-refractivity contribution is 0.918. The van der Waals surface area contributed by atoms with Gasteiger partial charge in [-0.05, 0) is 36.0 Å². The lowest BCUT2D eigenvalue weighted by atomic mass is 10.0. The third-order valence-corrected chi connectivity index (χ3v) is 3.41. The molecule has 84 valence electrons. The van der Waals surface area contributed by atoms with Crippen LogP contribution in [0.5, 0.6) is 0 Å².